The molecular formula is C13H10F3N3. The fourth-order valence-electron chi connectivity index (χ4n) is 1.63. The van der Waals surface area contributed by atoms with Gasteiger partial charge in [-0.15, -0.1) is 0 Å². The van der Waals surface area contributed by atoms with E-state index in [1.807, 2.05) is 6.07 Å². The summed E-state index contributed by atoms with van der Waals surface area (Å²) in [7, 11) is 0. The van der Waals surface area contributed by atoms with Gasteiger partial charge >= 0.3 is 6.18 Å². The van der Waals surface area contributed by atoms with Crippen LogP contribution in [0, 0.1) is 11.3 Å². The zero-order valence-electron chi connectivity index (χ0n) is 9.75. The maximum atomic E-state index is 12.5. The number of nitrogens with zero attached hydrogens (tertiary/aromatic N) is 1. The highest BCUT2D eigenvalue weighted by atomic mass is 19.4. The van der Waals surface area contributed by atoms with Gasteiger partial charge in [-0.05, 0) is 29.8 Å². The second-order valence-corrected chi connectivity index (χ2v) is 3.94. The van der Waals surface area contributed by atoms with Crippen molar-refractivity contribution in [1.82, 2.24) is 4.98 Å². The van der Waals surface area contributed by atoms with E-state index in [0.717, 1.165) is 17.7 Å². The summed E-state index contributed by atoms with van der Waals surface area (Å²) < 4.78 is 37.5. The first-order chi connectivity index (χ1) is 9.00. The molecule has 0 fully saturated rings. The largest absolute Gasteiger partial charge is 0.416 e. The molecule has 0 saturated heterocycles. The maximum Gasteiger partial charge on any atom is 0.416 e. The Hall–Kier alpha value is -2.42. The quantitative estimate of drug-likeness (QED) is 0.892. The van der Waals surface area contributed by atoms with Gasteiger partial charge in [-0.25, -0.2) is 0 Å². The maximum absolute atomic E-state index is 12.5. The molecule has 98 valence electrons. The minimum atomic E-state index is -4.44. The van der Waals surface area contributed by atoms with Gasteiger partial charge in [0.25, 0.3) is 0 Å². The number of nitrogens with one attached hydrogen (secondary N) is 2. The second kappa shape index (κ2) is 5.06. The predicted octanol–water partition coefficient (Wildman–Crippen LogP) is 3.52. The van der Waals surface area contributed by atoms with E-state index in [0.29, 0.717) is 12.2 Å². The number of H-pyrrole nitrogens is 1. The van der Waals surface area contributed by atoms with Crippen molar-refractivity contribution < 1.29 is 13.2 Å². The third kappa shape index (κ3) is 3.07. The molecule has 0 unspecified atom stereocenters. The zero-order chi connectivity index (χ0) is 13.9. The number of aromatic amines is 1. The van der Waals surface area contributed by atoms with Crippen LogP contribution >= 0.6 is 0 Å². The summed E-state index contributed by atoms with van der Waals surface area (Å²) >= 11 is 0. The molecule has 0 aliphatic carbocycles. The predicted molar refractivity (Wildman–Crippen MR) is 64.3 cm³/mol. The van der Waals surface area contributed by atoms with Gasteiger partial charge in [0.15, 0.2) is 0 Å². The van der Waals surface area contributed by atoms with Gasteiger partial charge in [0.1, 0.15) is 6.07 Å². The van der Waals surface area contributed by atoms with Crippen LogP contribution in [-0.2, 0) is 12.7 Å². The van der Waals surface area contributed by atoms with Crippen LogP contribution in [0.15, 0.2) is 36.7 Å². The SMILES string of the molecule is N#Cc1cc(C(F)(F)F)ccc1NCc1cc[nH]c1. The summed E-state index contributed by atoms with van der Waals surface area (Å²) in [6, 6.07) is 6.68. The third-order valence-corrected chi connectivity index (χ3v) is 2.61. The summed E-state index contributed by atoms with van der Waals surface area (Å²) in [6.45, 7) is 0.434. The highest BCUT2D eigenvalue weighted by Gasteiger charge is 2.31. The van der Waals surface area contributed by atoms with Gasteiger partial charge in [0, 0.05) is 18.9 Å². The van der Waals surface area contributed by atoms with E-state index in [9.17, 15) is 13.2 Å². The molecule has 1 aromatic heterocycles. The average molecular weight is 265 g/mol. The summed E-state index contributed by atoms with van der Waals surface area (Å²) in [5.41, 5.74) is 0.488. The third-order valence-electron chi connectivity index (χ3n) is 2.61. The first-order valence-corrected chi connectivity index (χ1v) is 5.47. The Labute approximate surface area is 107 Å². The smallest absolute Gasteiger partial charge is 0.380 e. The lowest BCUT2D eigenvalue weighted by atomic mass is 10.1. The van der Waals surface area contributed by atoms with Gasteiger partial charge in [-0.2, -0.15) is 18.4 Å². The molecule has 0 spiro atoms. The van der Waals surface area contributed by atoms with Crippen molar-refractivity contribution in [2.45, 2.75) is 12.7 Å². The highest BCUT2D eigenvalue weighted by Crippen LogP contribution is 2.31. The Morgan fingerprint density at radius 3 is 2.63 bits per heavy atom. The lowest BCUT2D eigenvalue weighted by Gasteiger charge is -2.11. The van der Waals surface area contributed by atoms with Crippen molar-refractivity contribution in [2.75, 3.05) is 5.32 Å². The molecule has 1 aromatic carbocycles. The topological polar surface area (TPSA) is 51.6 Å². The Kier molecular flexibility index (Phi) is 3.47. The first-order valence-electron chi connectivity index (χ1n) is 5.47. The van der Waals surface area contributed by atoms with Crippen molar-refractivity contribution in [3.63, 3.8) is 0 Å². The number of aromatic nitrogens is 1. The van der Waals surface area contributed by atoms with Crippen molar-refractivity contribution in [1.29, 1.82) is 5.26 Å². The number of anilines is 1. The molecular weight excluding hydrogens is 255 g/mol. The van der Waals surface area contributed by atoms with Crippen LogP contribution in [0.25, 0.3) is 0 Å². The van der Waals surface area contributed by atoms with E-state index < -0.39 is 11.7 Å². The van der Waals surface area contributed by atoms with Crippen LogP contribution in [0.5, 0.6) is 0 Å². The van der Waals surface area contributed by atoms with E-state index in [-0.39, 0.29) is 5.56 Å². The number of halogens is 3. The van der Waals surface area contributed by atoms with Gasteiger partial charge in [0.05, 0.1) is 16.8 Å². The van der Waals surface area contributed by atoms with Gasteiger partial charge < -0.3 is 10.3 Å². The number of nitriles is 1. The molecule has 6 heteroatoms. The molecule has 3 nitrogen and oxygen atoms in total. The molecule has 0 saturated carbocycles. The summed E-state index contributed by atoms with van der Waals surface area (Å²) in [6.07, 6.45) is -0.928. The Morgan fingerprint density at radius 2 is 2.05 bits per heavy atom. The lowest BCUT2D eigenvalue weighted by molar-refractivity contribution is -0.137. The van der Waals surface area contributed by atoms with Crippen LogP contribution < -0.4 is 5.32 Å². The number of hydrogen-bond donors (Lipinski definition) is 2. The molecule has 0 aliphatic heterocycles. The van der Waals surface area contributed by atoms with Crippen molar-refractivity contribution in [3.05, 3.63) is 53.3 Å². The van der Waals surface area contributed by atoms with E-state index in [2.05, 4.69) is 10.3 Å². The van der Waals surface area contributed by atoms with E-state index in [4.69, 9.17) is 5.26 Å². The fraction of sp³-hybridized carbons (Fsp3) is 0.154. The molecule has 1 heterocycles. The standard InChI is InChI=1S/C13H10F3N3/c14-13(15,16)11-1-2-12(10(5-11)6-17)19-8-9-3-4-18-7-9/h1-5,7,18-19H,8H2. The molecule has 19 heavy (non-hydrogen) atoms. The second-order valence-electron chi connectivity index (χ2n) is 3.94. The van der Waals surface area contributed by atoms with E-state index >= 15 is 0 Å². The molecule has 0 bridgehead atoms. The minimum absolute atomic E-state index is 0.0228. The van der Waals surface area contributed by atoms with Crippen LogP contribution in [0.4, 0.5) is 18.9 Å². The number of benzene rings is 1. The molecule has 2 N–H and O–H groups in total. The van der Waals surface area contributed by atoms with Crippen molar-refractivity contribution in [3.8, 4) is 6.07 Å². The summed E-state index contributed by atoms with van der Waals surface area (Å²) in [4.78, 5) is 2.87. The lowest BCUT2D eigenvalue weighted by Crippen LogP contribution is -2.07. The van der Waals surface area contributed by atoms with Gasteiger partial charge in [-0.1, -0.05) is 0 Å². The van der Waals surface area contributed by atoms with E-state index in [1.165, 1.54) is 6.07 Å². The first kappa shape index (κ1) is 13.0. The van der Waals surface area contributed by atoms with Crippen LogP contribution in [0.1, 0.15) is 16.7 Å². The number of hydrogen-bond acceptors (Lipinski definition) is 2. The van der Waals surface area contributed by atoms with Crippen LogP contribution in [0.3, 0.4) is 0 Å². The monoisotopic (exact) mass is 265 g/mol. The highest BCUT2D eigenvalue weighted by molar-refractivity contribution is 5.59. The fourth-order valence-corrected chi connectivity index (χ4v) is 1.63. The van der Waals surface area contributed by atoms with Gasteiger partial charge in [0.2, 0.25) is 0 Å². The van der Waals surface area contributed by atoms with Crippen molar-refractivity contribution >= 4 is 5.69 Å². The average Bonchev–Trinajstić information content (AvgIpc) is 2.88. The van der Waals surface area contributed by atoms with Crippen molar-refractivity contribution in [2.24, 2.45) is 0 Å². The molecule has 2 aromatic rings. The summed E-state index contributed by atoms with van der Waals surface area (Å²) in [5.74, 6) is 0. The Bertz CT molecular complexity index is 595. The normalized spacial score (nSPS) is 11.1. The molecule has 2 rings (SSSR count). The summed E-state index contributed by atoms with van der Waals surface area (Å²) in [5, 5.41) is 11.8. The number of alkyl halides is 3. The minimum Gasteiger partial charge on any atom is -0.380 e. The molecule has 0 radical (unpaired) electrons. The Morgan fingerprint density at radius 1 is 1.26 bits per heavy atom. The molecule has 0 atom stereocenters. The number of rotatable bonds is 3. The molecule has 0 amide bonds. The van der Waals surface area contributed by atoms with Crippen LogP contribution in [0.2, 0.25) is 0 Å². The zero-order valence-corrected chi connectivity index (χ0v) is 9.75. The van der Waals surface area contributed by atoms with Crippen LogP contribution in [-0.4, -0.2) is 4.98 Å². The molecule has 0 aliphatic rings. The van der Waals surface area contributed by atoms with Gasteiger partial charge in [-0.3, -0.25) is 0 Å². The van der Waals surface area contributed by atoms with E-state index in [1.54, 1.807) is 18.5 Å². The Balaban J connectivity index is 2.20.